The van der Waals surface area contributed by atoms with Crippen LogP contribution in [0.5, 0.6) is 5.75 Å². The molecule has 1 unspecified atom stereocenters. The summed E-state index contributed by atoms with van der Waals surface area (Å²) in [6.45, 7) is 4.98. The topological polar surface area (TPSA) is 9.23 Å². The standard InChI is InChI=1S/C11H14BrClO/c1-8(2)7-14-10-5-3-4-9(6-10)11(12)13/h3-6,8,11H,7H2,1-2H3. The van der Waals surface area contributed by atoms with Crippen molar-refractivity contribution in [1.82, 2.24) is 0 Å². The van der Waals surface area contributed by atoms with Crippen molar-refractivity contribution in [2.75, 3.05) is 6.61 Å². The molecule has 0 amide bonds. The van der Waals surface area contributed by atoms with Crippen molar-refractivity contribution >= 4 is 27.5 Å². The molecule has 1 nitrogen and oxygen atoms in total. The fourth-order valence-electron chi connectivity index (χ4n) is 1.00. The van der Waals surface area contributed by atoms with Crippen LogP contribution in [0.15, 0.2) is 24.3 Å². The van der Waals surface area contributed by atoms with Gasteiger partial charge in [-0.05, 0) is 23.6 Å². The summed E-state index contributed by atoms with van der Waals surface area (Å²) in [6, 6.07) is 7.81. The van der Waals surface area contributed by atoms with E-state index >= 15 is 0 Å². The summed E-state index contributed by atoms with van der Waals surface area (Å²) < 4.78 is 5.43. The van der Waals surface area contributed by atoms with Gasteiger partial charge < -0.3 is 4.74 Å². The fourth-order valence-corrected chi connectivity index (χ4v) is 1.42. The molecule has 0 bridgehead atoms. The minimum Gasteiger partial charge on any atom is -0.493 e. The van der Waals surface area contributed by atoms with Gasteiger partial charge in [-0.1, -0.05) is 41.9 Å². The van der Waals surface area contributed by atoms with Gasteiger partial charge in [-0.25, -0.2) is 0 Å². The highest BCUT2D eigenvalue weighted by molar-refractivity contribution is 9.09. The Bertz CT molecular complexity index is 286. The molecule has 0 aliphatic rings. The van der Waals surface area contributed by atoms with Gasteiger partial charge in [0, 0.05) is 0 Å². The Morgan fingerprint density at radius 1 is 1.43 bits per heavy atom. The van der Waals surface area contributed by atoms with Crippen molar-refractivity contribution < 1.29 is 4.74 Å². The van der Waals surface area contributed by atoms with Crippen molar-refractivity contribution in [3.05, 3.63) is 29.8 Å². The van der Waals surface area contributed by atoms with Gasteiger partial charge in [0.2, 0.25) is 0 Å². The summed E-state index contributed by atoms with van der Waals surface area (Å²) in [5, 5.41) is 0. The van der Waals surface area contributed by atoms with Gasteiger partial charge in [0.15, 0.2) is 0 Å². The van der Waals surface area contributed by atoms with E-state index in [-0.39, 0.29) is 4.29 Å². The predicted octanol–water partition coefficient (Wildman–Crippen LogP) is 4.35. The summed E-state index contributed by atoms with van der Waals surface area (Å²) in [7, 11) is 0. The Kier molecular flexibility index (Phi) is 4.76. The minimum absolute atomic E-state index is 0.148. The van der Waals surface area contributed by atoms with E-state index in [2.05, 4.69) is 29.8 Å². The van der Waals surface area contributed by atoms with Crippen LogP contribution in [0.25, 0.3) is 0 Å². The van der Waals surface area contributed by atoms with Crippen LogP contribution >= 0.6 is 27.5 Å². The molecule has 1 atom stereocenters. The van der Waals surface area contributed by atoms with Gasteiger partial charge in [0.05, 0.1) is 6.61 Å². The lowest BCUT2D eigenvalue weighted by atomic mass is 10.2. The van der Waals surface area contributed by atoms with Crippen molar-refractivity contribution in [3.8, 4) is 5.75 Å². The molecule has 0 aliphatic carbocycles. The second kappa shape index (κ2) is 5.62. The number of hydrogen-bond acceptors (Lipinski definition) is 1. The Labute approximate surface area is 98.5 Å². The molecule has 0 saturated carbocycles. The number of halogens is 2. The van der Waals surface area contributed by atoms with Gasteiger partial charge in [-0.3, -0.25) is 0 Å². The first-order chi connectivity index (χ1) is 6.59. The van der Waals surface area contributed by atoms with E-state index in [0.29, 0.717) is 5.92 Å². The van der Waals surface area contributed by atoms with Gasteiger partial charge in [0.25, 0.3) is 0 Å². The molecule has 0 saturated heterocycles. The lowest BCUT2D eigenvalue weighted by Crippen LogP contribution is -2.04. The number of benzene rings is 1. The number of rotatable bonds is 4. The molecule has 0 N–H and O–H groups in total. The van der Waals surface area contributed by atoms with Crippen molar-refractivity contribution in [2.24, 2.45) is 5.92 Å². The van der Waals surface area contributed by atoms with E-state index in [4.69, 9.17) is 16.3 Å². The van der Waals surface area contributed by atoms with Crippen LogP contribution in [0.1, 0.15) is 23.7 Å². The van der Waals surface area contributed by atoms with Crippen molar-refractivity contribution in [3.63, 3.8) is 0 Å². The van der Waals surface area contributed by atoms with Gasteiger partial charge in [0.1, 0.15) is 10.0 Å². The molecule has 0 fully saturated rings. The molecule has 3 heteroatoms. The molecule has 0 aromatic heterocycles. The van der Waals surface area contributed by atoms with Crippen LogP contribution < -0.4 is 4.74 Å². The molecule has 0 aliphatic heterocycles. The maximum Gasteiger partial charge on any atom is 0.119 e. The summed E-state index contributed by atoms with van der Waals surface area (Å²) in [5.41, 5.74) is 1.02. The Morgan fingerprint density at radius 2 is 2.14 bits per heavy atom. The molecule has 0 radical (unpaired) electrons. The molecular weight excluding hydrogens is 263 g/mol. The third-order valence-corrected chi connectivity index (χ3v) is 2.47. The molecule has 1 aromatic rings. The zero-order chi connectivity index (χ0) is 10.6. The summed E-state index contributed by atoms with van der Waals surface area (Å²) in [4.78, 5) is 0. The Hall–Kier alpha value is -0.210. The summed E-state index contributed by atoms with van der Waals surface area (Å²) in [6.07, 6.45) is 0. The maximum absolute atomic E-state index is 5.90. The third kappa shape index (κ3) is 3.89. The highest BCUT2D eigenvalue weighted by Crippen LogP contribution is 2.29. The van der Waals surface area contributed by atoms with Gasteiger partial charge in [-0.2, -0.15) is 0 Å². The van der Waals surface area contributed by atoms with Gasteiger partial charge in [-0.15, -0.1) is 11.6 Å². The second-order valence-electron chi connectivity index (χ2n) is 3.58. The molecule has 1 rings (SSSR count). The second-order valence-corrected chi connectivity index (χ2v) is 5.46. The molecule has 78 valence electrons. The summed E-state index contributed by atoms with van der Waals surface area (Å²) >= 11 is 9.21. The largest absolute Gasteiger partial charge is 0.493 e. The zero-order valence-corrected chi connectivity index (χ0v) is 10.7. The molecule has 0 spiro atoms. The lowest BCUT2D eigenvalue weighted by Gasteiger charge is -2.10. The molecule has 14 heavy (non-hydrogen) atoms. The summed E-state index contributed by atoms with van der Waals surface area (Å²) in [5.74, 6) is 1.41. The van der Waals surface area contributed by atoms with E-state index in [1.54, 1.807) is 0 Å². The minimum atomic E-state index is -0.148. The zero-order valence-electron chi connectivity index (χ0n) is 8.34. The maximum atomic E-state index is 5.90. The van der Waals surface area contributed by atoms with E-state index in [1.165, 1.54) is 0 Å². The smallest absolute Gasteiger partial charge is 0.119 e. The Morgan fingerprint density at radius 3 is 2.71 bits per heavy atom. The molecular formula is C11H14BrClO. The average molecular weight is 278 g/mol. The van der Waals surface area contributed by atoms with E-state index in [1.807, 2.05) is 24.3 Å². The highest BCUT2D eigenvalue weighted by Gasteiger charge is 2.04. The number of alkyl halides is 2. The third-order valence-electron chi connectivity index (χ3n) is 1.69. The first kappa shape index (κ1) is 11.9. The van der Waals surface area contributed by atoms with Crippen LogP contribution in [-0.4, -0.2) is 6.61 Å². The Balaban J connectivity index is 2.64. The average Bonchev–Trinajstić information content (AvgIpc) is 2.15. The van der Waals surface area contributed by atoms with Crippen molar-refractivity contribution in [2.45, 2.75) is 18.1 Å². The van der Waals surface area contributed by atoms with Crippen LogP contribution in [0, 0.1) is 5.92 Å². The van der Waals surface area contributed by atoms with E-state index in [9.17, 15) is 0 Å². The number of hydrogen-bond donors (Lipinski definition) is 0. The quantitative estimate of drug-likeness (QED) is 0.743. The number of ether oxygens (including phenoxy) is 1. The van der Waals surface area contributed by atoms with E-state index in [0.717, 1.165) is 17.9 Å². The van der Waals surface area contributed by atoms with Gasteiger partial charge >= 0.3 is 0 Å². The van der Waals surface area contributed by atoms with E-state index < -0.39 is 0 Å². The van der Waals surface area contributed by atoms with Crippen LogP contribution in [0.3, 0.4) is 0 Å². The fraction of sp³-hybridized carbons (Fsp3) is 0.455. The lowest BCUT2D eigenvalue weighted by molar-refractivity contribution is 0.271. The van der Waals surface area contributed by atoms with Crippen LogP contribution in [-0.2, 0) is 0 Å². The van der Waals surface area contributed by atoms with Crippen LogP contribution in [0.2, 0.25) is 0 Å². The monoisotopic (exact) mass is 276 g/mol. The first-order valence-corrected chi connectivity index (χ1v) is 5.95. The predicted molar refractivity (Wildman–Crippen MR) is 64.3 cm³/mol. The molecule has 1 aromatic carbocycles. The van der Waals surface area contributed by atoms with Crippen molar-refractivity contribution in [1.29, 1.82) is 0 Å². The SMILES string of the molecule is CC(C)COc1cccc(C(Cl)Br)c1. The normalized spacial score (nSPS) is 12.9. The first-order valence-electron chi connectivity index (χ1n) is 4.60. The molecule has 0 heterocycles. The highest BCUT2D eigenvalue weighted by atomic mass is 79.9. The van der Waals surface area contributed by atoms with Crippen LogP contribution in [0.4, 0.5) is 0 Å².